The van der Waals surface area contributed by atoms with Gasteiger partial charge in [0, 0.05) is 34.9 Å². The van der Waals surface area contributed by atoms with Crippen molar-refractivity contribution in [2.24, 2.45) is 0 Å². The Morgan fingerprint density at radius 2 is 1.08 bits per heavy atom. The van der Waals surface area contributed by atoms with E-state index in [1.807, 2.05) is 100 Å². The van der Waals surface area contributed by atoms with Crippen LogP contribution in [0.4, 0.5) is 11.4 Å². The number of benzene rings is 4. The second-order valence-electron chi connectivity index (χ2n) is 11.5. The number of aromatic nitrogens is 2. The molecule has 9 heteroatoms. The molecular formula is C42H41ClN4O4. The molecule has 0 atom stereocenters. The van der Waals surface area contributed by atoms with E-state index in [2.05, 4.69) is 20.6 Å². The molecule has 0 aliphatic carbocycles. The fourth-order valence-corrected chi connectivity index (χ4v) is 4.75. The van der Waals surface area contributed by atoms with Crippen molar-refractivity contribution in [2.75, 3.05) is 10.6 Å². The highest BCUT2D eigenvalue weighted by Crippen LogP contribution is 2.21. The molecule has 51 heavy (non-hydrogen) atoms. The predicted octanol–water partition coefficient (Wildman–Crippen LogP) is 9.61. The molecule has 2 amide bonds. The van der Waals surface area contributed by atoms with Gasteiger partial charge in [0.05, 0.1) is 17.3 Å². The van der Waals surface area contributed by atoms with E-state index in [1.54, 1.807) is 48.8 Å². The number of nitrogens with zero attached hydrogens (tertiary/aromatic N) is 2. The number of phenols is 1. The lowest BCUT2D eigenvalue weighted by molar-refractivity contribution is 0.101. The third-order valence-corrected chi connectivity index (χ3v) is 8.20. The van der Waals surface area contributed by atoms with E-state index in [-0.39, 0.29) is 17.6 Å². The van der Waals surface area contributed by atoms with Crippen molar-refractivity contribution in [3.05, 3.63) is 178 Å². The number of aromatic hydroxyl groups is 1. The Balaban J connectivity index is 0.000000194. The van der Waals surface area contributed by atoms with Gasteiger partial charge in [-0.15, -0.1) is 11.6 Å². The maximum atomic E-state index is 12.4. The number of hydrogen-bond acceptors (Lipinski definition) is 6. The Morgan fingerprint density at radius 1 is 0.608 bits per heavy atom. The molecule has 0 unspecified atom stereocenters. The highest BCUT2D eigenvalue weighted by atomic mass is 35.5. The number of alkyl halides is 1. The van der Waals surface area contributed by atoms with Crippen LogP contribution in [0.2, 0.25) is 0 Å². The maximum absolute atomic E-state index is 12.4. The second-order valence-corrected chi connectivity index (χ2v) is 11.8. The number of carbonyl (C=O) groups excluding carboxylic acids is 2. The van der Waals surface area contributed by atoms with E-state index in [1.165, 1.54) is 12.1 Å². The van der Waals surface area contributed by atoms with Crippen molar-refractivity contribution in [1.29, 1.82) is 0 Å². The number of hydrogen-bond donors (Lipinski definition) is 3. The number of phenolic OH excluding ortho intramolecular Hbond substituents is 1. The summed E-state index contributed by atoms with van der Waals surface area (Å²) in [5, 5.41) is 15.0. The van der Waals surface area contributed by atoms with Crippen molar-refractivity contribution >= 4 is 34.8 Å². The summed E-state index contributed by atoms with van der Waals surface area (Å²) in [7, 11) is 0. The molecule has 0 bridgehead atoms. The molecule has 0 saturated heterocycles. The standard InChI is InChI=1S/C21H20N2O2.C15H15NO2.C6H6ClN/c1-15-6-5-8-20(16(15)2)23-21(24)17-9-11-19(12-10-17)25-14-18-7-3-4-13-22-18;1-10-4-3-5-14(11(10)2)16-15(18)12-6-8-13(17)9-7-12;7-5-6-3-1-2-4-8-6/h3-13H,14H2,1-2H3,(H,23,24);3-9,17H,1-2H3,(H,16,18);1-4H,5H2. The SMILES string of the molecule is Cc1cccc(NC(=O)c2ccc(O)cc2)c1C.Cc1cccc(NC(=O)c2ccc(OCc3ccccn3)cc2)c1C.ClCc1ccccn1. The Labute approximate surface area is 304 Å². The average Bonchev–Trinajstić information content (AvgIpc) is 3.16. The fraction of sp³-hybridized carbons (Fsp3) is 0.143. The van der Waals surface area contributed by atoms with Crippen LogP contribution in [-0.4, -0.2) is 26.9 Å². The van der Waals surface area contributed by atoms with Crippen LogP contribution >= 0.6 is 11.6 Å². The quantitative estimate of drug-likeness (QED) is 0.136. The number of aryl methyl sites for hydroxylation is 2. The molecule has 0 aliphatic rings. The maximum Gasteiger partial charge on any atom is 0.255 e. The minimum absolute atomic E-state index is 0.134. The normalized spacial score (nSPS) is 10.1. The molecule has 6 rings (SSSR count). The summed E-state index contributed by atoms with van der Waals surface area (Å²) in [5.41, 5.74) is 8.96. The van der Waals surface area contributed by atoms with Gasteiger partial charge in [0.25, 0.3) is 11.8 Å². The highest BCUT2D eigenvalue weighted by Gasteiger charge is 2.10. The van der Waals surface area contributed by atoms with Gasteiger partial charge in [0.1, 0.15) is 18.1 Å². The molecule has 2 heterocycles. The number of carbonyl (C=O) groups is 2. The number of pyridine rings is 2. The van der Waals surface area contributed by atoms with Crippen LogP contribution in [0.15, 0.2) is 134 Å². The van der Waals surface area contributed by atoms with E-state index in [0.717, 1.165) is 45.0 Å². The molecule has 0 aliphatic heterocycles. The number of rotatable bonds is 8. The number of anilines is 2. The van der Waals surface area contributed by atoms with E-state index < -0.39 is 0 Å². The first-order valence-corrected chi connectivity index (χ1v) is 16.8. The molecule has 0 saturated carbocycles. The Hall–Kier alpha value is -5.99. The van der Waals surface area contributed by atoms with Crippen LogP contribution in [0.1, 0.15) is 54.4 Å². The summed E-state index contributed by atoms with van der Waals surface area (Å²) >= 11 is 5.46. The summed E-state index contributed by atoms with van der Waals surface area (Å²) < 4.78 is 5.69. The summed E-state index contributed by atoms with van der Waals surface area (Å²) in [5.74, 6) is 1.04. The van der Waals surface area contributed by atoms with Crippen LogP contribution in [0, 0.1) is 27.7 Å². The van der Waals surface area contributed by atoms with Gasteiger partial charge in [0.15, 0.2) is 0 Å². The first-order chi connectivity index (χ1) is 24.6. The van der Waals surface area contributed by atoms with E-state index in [0.29, 0.717) is 29.4 Å². The monoisotopic (exact) mass is 700 g/mol. The molecule has 4 aromatic carbocycles. The number of amides is 2. The van der Waals surface area contributed by atoms with Gasteiger partial charge in [-0.25, -0.2) is 0 Å². The average molecular weight is 701 g/mol. The van der Waals surface area contributed by atoms with Gasteiger partial charge in [-0.2, -0.15) is 0 Å². The zero-order valence-electron chi connectivity index (χ0n) is 29.1. The molecule has 0 spiro atoms. The van der Waals surface area contributed by atoms with Gasteiger partial charge in [-0.05, 0) is 135 Å². The van der Waals surface area contributed by atoms with Gasteiger partial charge in [-0.1, -0.05) is 36.4 Å². The van der Waals surface area contributed by atoms with Gasteiger partial charge >= 0.3 is 0 Å². The van der Waals surface area contributed by atoms with Gasteiger partial charge in [-0.3, -0.25) is 19.6 Å². The topological polar surface area (TPSA) is 113 Å². The summed E-state index contributed by atoms with van der Waals surface area (Å²) in [6, 6.07) is 36.3. The molecule has 260 valence electrons. The minimum Gasteiger partial charge on any atom is -0.508 e. The van der Waals surface area contributed by atoms with Crippen LogP contribution in [-0.2, 0) is 12.5 Å². The Bertz CT molecular complexity index is 2000. The van der Waals surface area contributed by atoms with Crippen LogP contribution < -0.4 is 15.4 Å². The van der Waals surface area contributed by atoms with Gasteiger partial charge < -0.3 is 20.5 Å². The fourth-order valence-electron chi connectivity index (χ4n) is 4.60. The van der Waals surface area contributed by atoms with E-state index >= 15 is 0 Å². The molecule has 0 fully saturated rings. The van der Waals surface area contributed by atoms with Crippen LogP contribution in [0.25, 0.3) is 0 Å². The van der Waals surface area contributed by atoms with Crippen LogP contribution in [0.5, 0.6) is 11.5 Å². The van der Waals surface area contributed by atoms with Crippen molar-refractivity contribution in [2.45, 2.75) is 40.2 Å². The first kappa shape index (κ1) is 37.8. The minimum atomic E-state index is -0.177. The summed E-state index contributed by atoms with van der Waals surface area (Å²) in [6.07, 6.45) is 3.47. The first-order valence-electron chi connectivity index (χ1n) is 16.3. The molecule has 0 radical (unpaired) electrons. The molecule has 6 aromatic rings. The number of halogens is 1. The zero-order valence-corrected chi connectivity index (χ0v) is 29.8. The lowest BCUT2D eigenvalue weighted by Crippen LogP contribution is -2.13. The molecule has 2 aromatic heterocycles. The Kier molecular flexibility index (Phi) is 14.3. The lowest BCUT2D eigenvalue weighted by Gasteiger charge is -2.11. The third kappa shape index (κ3) is 11.8. The zero-order chi connectivity index (χ0) is 36.6. The summed E-state index contributed by atoms with van der Waals surface area (Å²) in [4.78, 5) is 32.6. The van der Waals surface area contributed by atoms with Crippen molar-refractivity contribution in [3.63, 3.8) is 0 Å². The van der Waals surface area contributed by atoms with Crippen molar-refractivity contribution < 1.29 is 19.4 Å². The smallest absolute Gasteiger partial charge is 0.255 e. The second kappa shape index (κ2) is 19.3. The van der Waals surface area contributed by atoms with E-state index in [4.69, 9.17) is 16.3 Å². The van der Waals surface area contributed by atoms with Crippen LogP contribution in [0.3, 0.4) is 0 Å². The summed E-state index contributed by atoms with van der Waals surface area (Å²) in [6.45, 7) is 8.40. The van der Waals surface area contributed by atoms with Crippen molar-refractivity contribution in [3.8, 4) is 11.5 Å². The lowest BCUT2D eigenvalue weighted by atomic mass is 10.1. The molecule has 3 N–H and O–H groups in total. The predicted molar refractivity (Wildman–Crippen MR) is 205 cm³/mol. The Morgan fingerprint density at radius 3 is 1.51 bits per heavy atom. The molecular weight excluding hydrogens is 660 g/mol. The number of ether oxygens (including phenoxy) is 1. The number of nitrogens with one attached hydrogen (secondary N) is 2. The largest absolute Gasteiger partial charge is 0.508 e. The van der Waals surface area contributed by atoms with E-state index in [9.17, 15) is 14.7 Å². The van der Waals surface area contributed by atoms with Gasteiger partial charge in [0.2, 0.25) is 0 Å². The third-order valence-electron chi connectivity index (χ3n) is 7.93. The highest BCUT2D eigenvalue weighted by molar-refractivity contribution is 6.16. The van der Waals surface area contributed by atoms with Crippen molar-refractivity contribution in [1.82, 2.24) is 9.97 Å². The molecule has 8 nitrogen and oxygen atoms in total.